The molecule has 0 amide bonds. The predicted octanol–water partition coefficient (Wildman–Crippen LogP) is 4.27. The Bertz CT molecular complexity index is 887. The molecule has 0 spiro atoms. The number of rotatable bonds is 4. The fourth-order valence-electron chi connectivity index (χ4n) is 2.68. The second kappa shape index (κ2) is 7.66. The van der Waals surface area contributed by atoms with Gasteiger partial charge in [-0.3, -0.25) is 0 Å². The monoisotopic (exact) mass is 365 g/mol. The van der Waals surface area contributed by atoms with Crippen LogP contribution < -0.4 is 5.32 Å². The summed E-state index contributed by atoms with van der Waals surface area (Å²) in [6.07, 6.45) is 3.22. The number of thiocarbonyl (C=S) groups is 1. The fraction of sp³-hybridized carbons (Fsp3) is 0.250. The largest absolute Gasteiger partial charge is 0.345 e. The summed E-state index contributed by atoms with van der Waals surface area (Å²) in [6.45, 7) is 6.35. The third-order valence-electron chi connectivity index (χ3n) is 4.72. The third-order valence-corrected chi connectivity index (χ3v) is 5.11. The van der Waals surface area contributed by atoms with Gasteiger partial charge in [-0.2, -0.15) is 5.10 Å². The number of aromatic nitrogens is 3. The van der Waals surface area contributed by atoms with Crippen LogP contribution in [0.1, 0.15) is 29.7 Å². The molecule has 0 unspecified atom stereocenters. The zero-order chi connectivity index (χ0) is 18.7. The SMILES string of the molecule is Cc1ccc(NC(=S)N(C)[C@H](C)c2ccc(-n3cncn3)cc2)cc1C. The minimum absolute atomic E-state index is 0.145. The maximum absolute atomic E-state index is 5.59. The van der Waals surface area contributed by atoms with Crippen LogP contribution in [0.25, 0.3) is 5.69 Å². The van der Waals surface area contributed by atoms with Gasteiger partial charge in [0.2, 0.25) is 0 Å². The Labute approximate surface area is 159 Å². The molecule has 1 aromatic heterocycles. The maximum Gasteiger partial charge on any atom is 0.173 e. The van der Waals surface area contributed by atoms with Gasteiger partial charge in [-0.05, 0) is 73.9 Å². The van der Waals surface area contributed by atoms with Crippen molar-refractivity contribution in [2.24, 2.45) is 0 Å². The lowest BCUT2D eigenvalue weighted by Gasteiger charge is -2.28. The molecule has 0 radical (unpaired) electrons. The first kappa shape index (κ1) is 18.1. The molecule has 0 saturated heterocycles. The van der Waals surface area contributed by atoms with Crippen LogP contribution in [0.5, 0.6) is 0 Å². The van der Waals surface area contributed by atoms with Crippen LogP contribution in [-0.2, 0) is 0 Å². The summed E-state index contributed by atoms with van der Waals surface area (Å²) in [5.74, 6) is 0. The van der Waals surface area contributed by atoms with Crippen molar-refractivity contribution in [3.05, 3.63) is 71.8 Å². The van der Waals surface area contributed by atoms with Gasteiger partial charge in [-0.15, -0.1) is 0 Å². The van der Waals surface area contributed by atoms with E-state index in [0.717, 1.165) is 11.4 Å². The van der Waals surface area contributed by atoms with Crippen LogP contribution in [-0.4, -0.2) is 31.8 Å². The molecule has 0 aliphatic heterocycles. The van der Waals surface area contributed by atoms with E-state index in [4.69, 9.17) is 12.2 Å². The van der Waals surface area contributed by atoms with E-state index < -0.39 is 0 Å². The standard InChI is InChI=1S/C20H23N5S/c1-14-5-8-18(11-15(14)2)23-20(26)24(4)16(3)17-6-9-19(10-7-17)25-13-21-12-22-25/h5-13,16H,1-4H3,(H,23,26)/t16-/m1/s1. The quantitative estimate of drug-likeness (QED) is 0.700. The molecule has 1 atom stereocenters. The highest BCUT2D eigenvalue weighted by molar-refractivity contribution is 7.80. The highest BCUT2D eigenvalue weighted by atomic mass is 32.1. The van der Waals surface area contributed by atoms with Crippen molar-refractivity contribution in [1.29, 1.82) is 0 Å². The Morgan fingerprint density at radius 2 is 1.85 bits per heavy atom. The first-order valence-electron chi connectivity index (χ1n) is 8.51. The molecule has 5 nitrogen and oxygen atoms in total. The van der Waals surface area contributed by atoms with E-state index in [1.165, 1.54) is 23.0 Å². The summed E-state index contributed by atoms with van der Waals surface area (Å²) in [5.41, 5.74) is 5.70. The summed E-state index contributed by atoms with van der Waals surface area (Å²) in [6, 6.07) is 14.7. The summed E-state index contributed by atoms with van der Waals surface area (Å²) in [5, 5.41) is 8.17. The van der Waals surface area contributed by atoms with Crippen LogP contribution in [0.3, 0.4) is 0 Å². The predicted molar refractivity (Wildman–Crippen MR) is 110 cm³/mol. The van der Waals surface area contributed by atoms with Crippen molar-refractivity contribution in [2.45, 2.75) is 26.8 Å². The Hall–Kier alpha value is -2.73. The fourth-order valence-corrected chi connectivity index (χ4v) is 2.95. The van der Waals surface area contributed by atoms with E-state index in [-0.39, 0.29) is 6.04 Å². The number of anilines is 1. The van der Waals surface area contributed by atoms with Gasteiger partial charge < -0.3 is 10.2 Å². The topological polar surface area (TPSA) is 46.0 Å². The van der Waals surface area contributed by atoms with Crippen molar-refractivity contribution in [3.8, 4) is 5.69 Å². The number of hydrogen-bond acceptors (Lipinski definition) is 3. The molecular formula is C20H23N5S. The van der Waals surface area contributed by atoms with E-state index in [9.17, 15) is 0 Å². The van der Waals surface area contributed by atoms with Crippen LogP contribution in [0.15, 0.2) is 55.1 Å². The van der Waals surface area contributed by atoms with Crippen LogP contribution in [0, 0.1) is 13.8 Å². The van der Waals surface area contributed by atoms with Gasteiger partial charge in [0.05, 0.1) is 11.7 Å². The van der Waals surface area contributed by atoms with Crippen LogP contribution in [0.2, 0.25) is 0 Å². The second-order valence-corrected chi connectivity index (χ2v) is 6.83. The molecule has 1 N–H and O–H groups in total. The lowest BCUT2D eigenvalue weighted by Crippen LogP contribution is -2.33. The molecule has 0 bridgehead atoms. The Kier molecular flexibility index (Phi) is 5.32. The summed E-state index contributed by atoms with van der Waals surface area (Å²) in [4.78, 5) is 6.04. The van der Waals surface area contributed by atoms with E-state index in [2.05, 4.69) is 71.4 Å². The molecule has 26 heavy (non-hydrogen) atoms. The maximum atomic E-state index is 5.59. The zero-order valence-corrected chi connectivity index (χ0v) is 16.3. The second-order valence-electron chi connectivity index (χ2n) is 6.45. The Balaban J connectivity index is 1.69. The molecule has 0 aliphatic rings. The van der Waals surface area contributed by atoms with E-state index in [1.54, 1.807) is 11.0 Å². The van der Waals surface area contributed by atoms with Gasteiger partial charge in [0, 0.05) is 12.7 Å². The van der Waals surface area contributed by atoms with Gasteiger partial charge in [0.25, 0.3) is 0 Å². The number of nitrogens with one attached hydrogen (secondary N) is 1. The molecule has 1 heterocycles. The first-order valence-corrected chi connectivity index (χ1v) is 8.92. The minimum Gasteiger partial charge on any atom is -0.345 e. The summed E-state index contributed by atoms with van der Waals surface area (Å²) >= 11 is 5.59. The lowest BCUT2D eigenvalue weighted by atomic mass is 10.1. The number of aryl methyl sites for hydroxylation is 2. The van der Waals surface area contributed by atoms with E-state index in [1.807, 2.05) is 19.2 Å². The highest BCUT2D eigenvalue weighted by Crippen LogP contribution is 2.22. The third kappa shape index (κ3) is 3.91. The smallest absolute Gasteiger partial charge is 0.173 e. The molecule has 0 saturated carbocycles. The van der Waals surface area contributed by atoms with E-state index in [0.29, 0.717) is 5.11 Å². The van der Waals surface area contributed by atoms with Crippen molar-refractivity contribution < 1.29 is 0 Å². The molecule has 0 aliphatic carbocycles. The number of hydrogen-bond donors (Lipinski definition) is 1. The summed E-state index contributed by atoms with van der Waals surface area (Å²) in [7, 11) is 2.01. The van der Waals surface area contributed by atoms with Gasteiger partial charge in [0.1, 0.15) is 12.7 Å². The summed E-state index contributed by atoms with van der Waals surface area (Å²) < 4.78 is 1.74. The molecule has 134 valence electrons. The average Bonchev–Trinajstić information content (AvgIpc) is 3.18. The Morgan fingerprint density at radius 3 is 2.46 bits per heavy atom. The van der Waals surface area contributed by atoms with Gasteiger partial charge >= 0.3 is 0 Å². The first-order chi connectivity index (χ1) is 12.5. The molecular weight excluding hydrogens is 342 g/mol. The normalized spacial score (nSPS) is 11.8. The number of benzene rings is 2. The highest BCUT2D eigenvalue weighted by Gasteiger charge is 2.15. The van der Waals surface area contributed by atoms with Crippen molar-refractivity contribution >= 4 is 23.0 Å². The number of nitrogens with zero attached hydrogens (tertiary/aromatic N) is 4. The van der Waals surface area contributed by atoms with Crippen molar-refractivity contribution in [1.82, 2.24) is 19.7 Å². The van der Waals surface area contributed by atoms with Gasteiger partial charge in [-0.25, -0.2) is 9.67 Å². The molecule has 3 aromatic rings. The van der Waals surface area contributed by atoms with Crippen LogP contribution >= 0.6 is 12.2 Å². The minimum atomic E-state index is 0.145. The van der Waals surface area contributed by atoms with Crippen molar-refractivity contribution in [3.63, 3.8) is 0 Å². The van der Waals surface area contributed by atoms with Gasteiger partial charge in [-0.1, -0.05) is 18.2 Å². The zero-order valence-electron chi connectivity index (χ0n) is 15.5. The van der Waals surface area contributed by atoms with Crippen LogP contribution in [0.4, 0.5) is 5.69 Å². The molecule has 0 fully saturated rings. The van der Waals surface area contributed by atoms with Crippen molar-refractivity contribution in [2.75, 3.05) is 12.4 Å². The Morgan fingerprint density at radius 1 is 1.12 bits per heavy atom. The van der Waals surface area contributed by atoms with Gasteiger partial charge in [0.15, 0.2) is 5.11 Å². The molecule has 6 heteroatoms. The lowest BCUT2D eigenvalue weighted by molar-refractivity contribution is 0.408. The van der Waals surface area contributed by atoms with E-state index >= 15 is 0 Å². The average molecular weight is 366 g/mol. The molecule has 3 rings (SSSR count). The molecule has 2 aromatic carbocycles.